The minimum absolute atomic E-state index is 0.546. The van der Waals surface area contributed by atoms with Gasteiger partial charge in [0.1, 0.15) is 0 Å². The molecule has 1 fully saturated rings. The Hall–Kier alpha value is -0.260. The first-order chi connectivity index (χ1) is 8.90. The highest BCUT2D eigenvalue weighted by Crippen LogP contribution is 2.51. The maximum Gasteiger partial charge on any atom is -0.0266 e. The van der Waals surface area contributed by atoms with Gasteiger partial charge in [0.2, 0.25) is 0 Å². The maximum atomic E-state index is 4.17. The Morgan fingerprint density at radius 1 is 1.32 bits per heavy atom. The van der Waals surface area contributed by atoms with Gasteiger partial charge in [-0.2, -0.15) is 0 Å². The summed E-state index contributed by atoms with van der Waals surface area (Å²) in [5.74, 6) is 2.66. The van der Waals surface area contributed by atoms with Crippen LogP contribution in [0.5, 0.6) is 0 Å². The van der Waals surface area contributed by atoms with E-state index in [4.69, 9.17) is 0 Å². The quantitative estimate of drug-likeness (QED) is 0.358. The van der Waals surface area contributed by atoms with Gasteiger partial charge in [0.15, 0.2) is 0 Å². The van der Waals surface area contributed by atoms with Crippen LogP contribution in [0.4, 0.5) is 0 Å². The van der Waals surface area contributed by atoms with Crippen molar-refractivity contribution in [2.45, 2.75) is 86.0 Å². The first kappa shape index (κ1) is 16.8. The average molecular weight is 264 g/mol. The number of rotatable bonds is 7. The van der Waals surface area contributed by atoms with Crippen LogP contribution in [0.2, 0.25) is 0 Å². The molecule has 0 bridgehead atoms. The van der Waals surface area contributed by atoms with E-state index in [1.807, 2.05) is 0 Å². The fraction of sp³-hybridized carbons (Fsp3) is 0.895. The monoisotopic (exact) mass is 264 g/mol. The molecule has 19 heavy (non-hydrogen) atoms. The lowest BCUT2D eigenvalue weighted by molar-refractivity contribution is 0.0218. The topological polar surface area (TPSA) is 0 Å². The first-order valence-corrected chi connectivity index (χ1v) is 8.54. The van der Waals surface area contributed by atoms with Gasteiger partial charge in [0.05, 0.1) is 0 Å². The van der Waals surface area contributed by atoms with Gasteiger partial charge in [-0.1, -0.05) is 65.4 Å². The molecule has 112 valence electrons. The van der Waals surface area contributed by atoms with Crippen molar-refractivity contribution in [3.63, 3.8) is 0 Å². The summed E-state index contributed by atoms with van der Waals surface area (Å²) in [5.41, 5.74) is 1.93. The number of hydrogen-bond donors (Lipinski definition) is 0. The Bertz CT molecular complexity index is 278. The molecule has 0 heteroatoms. The SMILES string of the molecule is C=C(C)CC1CCC(C)CC1(C)C(C)CCCCC. The molecule has 1 rings (SSSR count). The predicted molar refractivity (Wildman–Crippen MR) is 87.3 cm³/mol. The third kappa shape index (κ3) is 4.65. The second-order valence-electron chi connectivity index (χ2n) is 7.65. The van der Waals surface area contributed by atoms with Crippen molar-refractivity contribution in [1.82, 2.24) is 0 Å². The summed E-state index contributed by atoms with van der Waals surface area (Å²) in [6, 6.07) is 0. The van der Waals surface area contributed by atoms with E-state index in [1.165, 1.54) is 56.9 Å². The standard InChI is InChI=1S/C19H36/c1-7-8-9-10-17(5)19(6)14-16(4)11-12-18(19)13-15(2)3/h16-18H,2,7-14H2,1,3-6H3. The molecule has 0 aromatic rings. The zero-order valence-corrected chi connectivity index (χ0v) is 14.1. The summed E-state index contributed by atoms with van der Waals surface area (Å²) in [7, 11) is 0. The minimum atomic E-state index is 0.546. The van der Waals surface area contributed by atoms with E-state index in [-0.39, 0.29) is 0 Å². The molecule has 1 aliphatic rings. The Balaban J connectivity index is 2.70. The Kier molecular flexibility index (Phi) is 6.63. The smallest absolute Gasteiger partial charge is 0.0266 e. The van der Waals surface area contributed by atoms with Gasteiger partial charge in [0, 0.05) is 0 Å². The highest BCUT2D eigenvalue weighted by molar-refractivity contribution is 4.99. The van der Waals surface area contributed by atoms with Gasteiger partial charge in [-0.15, -0.1) is 6.58 Å². The number of allylic oxidation sites excluding steroid dienone is 1. The summed E-state index contributed by atoms with van der Waals surface area (Å²) in [5, 5.41) is 0. The fourth-order valence-electron chi connectivity index (χ4n) is 4.22. The molecule has 0 saturated heterocycles. The van der Waals surface area contributed by atoms with Crippen LogP contribution < -0.4 is 0 Å². The summed E-state index contributed by atoms with van der Waals surface area (Å²) >= 11 is 0. The van der Waals surface area contributed by atoms with Crippen LogP contribution in [-0.2, 0) is 0 Å². The van der Waals surface area contributed by atoms with Crippen LogP contribution in [-0.4, -0.2) is 0 Å². The lowest BCUT2D eigenvalue weighted by atomic mass is 9.57. The zero-order valence-electron chi connectivity index (χ0n) is 14.1. The maximum absolute atomic E-state index is 4.17. The average Bonchev–Trinajstić information content (AvgIpc) is 2.32. The predicted octanol–water partition coefficient (Wildman–Crippen LogP) is 6.61. The van der Waals surface area contributed by atoms with E-state index in [0.29, 0.717) is 5.41 Å². The van der Waals surface area contributed by atoms with Crippen LogP contribution >= 0.6 is 0 Å². The number of unbranched alkanes of at least 4 members (excludes halogenated alkanes) is 2. The molecule has 0 radical (unpaired) electrons. The van der Waals surface area contributed by atoms with E-state index in [2.05, 4.69) is 41.2 Å². The molecule has 0 aliphatic heterocycles. The third-order valence-corrected chi connectivity index (χ3v) is 5.69. The molecule has 0 aromatic heterocycles. The van der Waals surface area contributed by atoms with Crippen LogP contribution in [0.3, 0.4) is 0 Å². The van der Waals surface area contributed by atoms with Crippen molar-refractivity contribution in [2.24, 2.45) is 23.2 Å². The molecule has 0 heterocycles. The molecule has 0 spiro atoms. The van der Waals surface area contributed by atoms with Crippen molar-refractivity contribution in [2.75, 3.05) is 0 Å². The lowest BCUT2D eigenvalue weighted by Gasteiger charge is -2.48. The lowest BCUT2D eigenvalue weighted by Crippen LogP contribution is -2.39. The first-order valence-electron chi connectivity index (χ1n) is 8.54. The Labute approximate surface area is 122 Å². The van der Waals surface area contributed by atoms with Crippen LogP contribution in [0, 0.1) is 23.2 Å². The summed E-state index contributed by atoms with van der Waals surface area (Å²) in [4.78, 5) is 0. The van der Waals surface area contributed by atoms with E-state index in [9.17, 15) is 0 Å². The molecule has 0 N–H and O–H groups in total. The molecule has 1 aliphatic carbocycles. The van der Waals surface area contributed by atoms with Crippen molar-refractivity contribution in [1.29, 1.82) is 0 Å². The zero-order chi connectivity index (χ0) is 14.5. The second kappa shape index (κ2) is 7.50. The van der Waals surface area contributed by atoms with Crippen LogP contribution in [0.15, 0.2) is 12.2 Å². The van der Waals surface area contributed by atoms with Crippen LogP contribution in [0.1, 0.15) is 86.0 Å². The molecular weight excluding hydrogens is 228 g/mol. The molecule has 4 atom stereocenters. The molecule has 1 saturated carbocycles. The van der Waals surface area contributed by atoms with E-state index < -0.39 is 0 Å². The molecule has 0 aromatic carbocycles. The summed E-state index contributed by atoms with van der Waals surface area (Å²) in [6.45, 7) is 16.2. The molecule has 4 unspecified atom stereocenters. The molecule has 0 nitrogen and oxygen atoms in total. The van der Waals surface area contributed by atoms with Crippen molar-refractivity contribution < 1.29 is 0 Å². The van der Waals surface area contributed by atoms with Gasteiger partial charge < -0.3 is 0 Å². The Morgan fingerprint density at radius 3 is 2.58 bits per heavy atom. The van der Waals surface area contributed by atoms with E-state index >= 15 is 0 Å². The van der Waals surface area contributed by atoms with Crippen molar-refractivity contribution in [3.05, 3.63) is 12.2 Å². The largest absolute Gasteiger partial charge is 0.100 e. The highest BCUT2D eigenvalue weighted by Gasteiger charge is 2.42. The van der Waals surface area contributed by atoms with E-state index in [1.54, 1.807) is 0 Å². The minimum Gasteiger partial charge on any atom is -0.100 e. The van der Waals surface area contributed by atoms with Crippen molar-refractivity contribution in [3.8, 4) is 0 Å². The summed E-state index contributed by atoms with van der Waals surface area (Å²) < 4.78 is 0. The second-order valence-corrected chi connectivity index (χ2v) is 7.65. The fourth-order valence-corrected chi connectivity index (χ4v) is 4.22. The molecule has 0 amide bonds. The highest BCUT2D eigenvalue weighted by atomic mass is 14.5. The normalized spacial score (nSPS) is 33.1. The van der Waals surface area contributed by atoms with Crippen LogP contribution in [0.25, 0.3) is 0 Å². The van der Waals surface area contributed by atoms with Gasteiger partial charge >= 0.3 is 0 Å². The van der Waals surface area contributed by atoms with Gasteiger partial charge in [0.25, 0.3) is 0 Å². The van der Waals surface area contributed by atoms with Gasteiger partial charge in [-0.25, -0.2) is 0 Å². The Morgan fingerprint density at radius 2 is 2.00 bits per heavy atom. The number of hydrogen-bond acceptors (Lipinski definition) is 0. The summed E-state index contributed by atoms with van der Waals surface area (Å²) in [6.07, 6.45) is 11.1. The van der Waals surface area contributed by atoms with E-state index in [0.717, 1.165) is 17.8 Å². The third-order valence-electron chi connectivity index (χ3n) is 5.69. The van der Waals surface area contributed by atoms with Gasteiger partial charge in [-0.05, 0) is 49.4 Å². The van der Waals surface area contributed by atoms with Crippen molar-refractivity contribution >= 4 is 0 Å². The van der Waals surface area contributed by atoms with Gasteiger partial charge in [-0.3, -0.25) is 0 Å². The molecular formula is C19H36.